The minimum Gasteiger partial charge on any atom is -0.478 e. The van der Waals surface area contributed by atoms with E-state index in [1.807, 2.05) is 0 Å². The van der Waals surface area contributed by atoms with E-state index in [2.05, 4.69) is 9.69 Å². The number of rotatable bonds is 4. The van der Waals surface area contributed by atoms with Crippen molar-refractivity contribution >= 4 is 52.0 Å². The maximum Gasteiger partial charge on any atom is 0.339 e. The van der Waals surface area contributed by atoms with Crippen molar-refractivity contribution in [3.8, 4) is 10.4 Å². The molecule has 5 nitrogen and oxygen atoms in total. The van der Waals surface area contributed by atoms with Crippen LogP contribution in [0.1, 0.15) is 25.6 Å². The number of carbonyl (C=O) groups is 2. The number of nitrogens with one attached hydrogen (secondary N) is 1. The van der Waals surface area contributed by atoms with Crippen molar-refractivity contribution in [1.82, 2.24) is 4.37 Å². The number of anilines is 1. The molecule has 2 aromatic heterocycles. The van der Waals surface area contributed by atoms with E-state index in [9.17, 15) is 14.7 Å². The van der Waals surface area contributed by atoms with E-state index >= 15 is 0 Å². The van der Waals surface area contributed by atoms with Crippen molar-refractivity contribution in [2.75, 3.05) is 5.32 Å². The molecule has 0 radical (unpaired) electrons. The molecule has 0 saturated heterocycles. The number of carboxylic acid groups (broad SMARTS) is 1. The number of carbonyl (C=O) groups excluding carboxylic acids is 1. The molecule has 0 spiro atoms. The van der Waals surface area contributed by atoms with Crippen LogP contribution in [0.15, 0.2) is 35.8 Å². The Balaban J connectivity index is 1.98. The summed E-state index contributed by atoms with van der Waals surface area (Å²) in [6.07, 6.45) is 1.60. The van der Waals surface area contributed by atoms with Crippen LogP contribution in [-0.2, 0) is 0 Å². The van der Waals surface area contributed by atoms with Gasteiger partial charge < -0.3 is 10.4 Å². The lowest BCUT2D eigenvalue weighted by atomic mass is 10.1. The van der Waals surface area contributed by atoms with Gasteiger partial charge in [-0.05, 0) is 41.7 Å². The number of hydrogen-bond donors (Lipinski definition) is 2. The topological polar surface area (TPSA) is 79.3 Å². The fraction of sp³-hybridized carbons (Fsp3) is 0.0625. The second kappa shape index (κ2) is 6.72. The molecule has 2 N–H and O–H groups in total. The lowest BCUT2D eigenvalue weighted by Gasteiger charge is -2.05. The molecule has 0 bridgehead atoms. The monoisotopic (exact) mass is 378 g/mol. The minimum atomic E-state index is -1.10. The Bertz CT molecular complexity index is 916. The highest BCUT2D eigenvalue weighted by atomic mass is 35.5. The van der Waals surface area contributed by atoms with Gasteiger partial charge >= 0.3 is 5.97 Å². The summed E-state index contributed by atoms with van der Waals surface area (Å²) in [5.74, 6) is -1.46. The van der Waals surface area contributed by atoms with Crippen LogP contribution in [0.4, 0.5) is 5.69 Å². The van der Waals surface area contributed by atoms with Crippen molar-refractivity contribution in [3.05, 3.63) is 56.9 Å². The SMILES string of the molecule is Cc1cnsc1C(=O)Nc1csc(-c2ccc(Cl)cc2)c1C(=O)O. The zero-order valence-electron chi connectivity index (χ0n) is 12.4. The number of halogens is 1. The number of thiophene rings is 1. The lowest BCUT2D eigenvalue weighted by molar-refractivity contribution is 0.0699. The maximum atomic E-state index is 12.3. The van der Waals surface area contributed by atoms with Gasteiger partial charge in [0.15, 0.2) is 0 Å². The molecule has 2 heterocycles. The van der Waals surface area contributed by atoms with E-state index in [0.29, 0.717) is 14.8 Å². The molecule has 0 unspecified atom stereocenters. The number of hydrogen-bond acceptors (Lipinski definition) is 5. The number of aromatic carboxylic acids is 1. The Morgan fingerprint density at radius 3 is 2.54 bits per heavy atom. The number of aryl methyl sites for hydroxylation is 1. The van der Waals surface area contributed by atoms with Gasteiger partial charge in [0.25, 0.3) is 5.91 Å². The summed E-state index contributed by atoms with van der Waals surface area (Å²) in [4.78, 5) is 25.0. The van der Waals surface area contributed by atoms with E-state index in [-0.39, 0.29) is 17.2 Å². The van der Waals surface area contributed by atoms with Crippen LogP contribution in [0.25, 0.3) is 10.4 Å². The molecule has 0 aliphatic heterocycles. The van der Waals surface area contributed by atoms with Crippen LogP contribution in [0.2, 0.25) is 5.02 Å². The summed E-state index contributed by atoms with van der Waals surface area (Å²) >= 11 is 8.20. The molecule has 1 aromatic carbocycles. The van der Waals surface area contributed by atoms with E-state index in [1.54, 1.807) is 42.8 Å². The van der Waals surface area contributed by atoms with Gasteiger partial charge in [0.1, 0.15) is 10.4 Å². The average molecular weight is 379 g/mol. The first-order valence-corrected chi connectivity index (χ1v) is 8.84. The van der Waals surface area contributed by atoms with E-state index in [4.69, 9.17) is 11.6 Å². The van der Waals surface area contributed by atoms with Gasteiger partial charge in [-0.2, -0.15) is 0 Å². The fourth-order valence-electron chi connectivity index (χ4n) is 2.16. The summed E-state index contributed by atoms with van der Waals surface area (Å²) in [5, 5.41) is 14.4. The number of amides is 1. The first-order valence-electron chi connectivity index (χ1n) is 6.80. The normalized spacial score (nSPS) is 10.6. The van der Waals surface area contributed by atoms with Crippen molar-refractivity contribution in [1.29, 1.82) is 0 Å². The zero-order valence-corrected chi connectivity index (χ0v) is 14.8. The third-order valence-corrected chi connectivity index (χ3v) is 5.50. The van der Waals surface area contributed by atoms with Gasteiger partial charge in [-0.25, -0.2) is 9.17 Å². The second-order valence-electron chi connectivity index (χ2n) is 4.96. The number of nitrogens with zero attached hydrogens (tertiary/aromatic N) is 1. The molecule has 0 atom stereocenters. The molecular formula is C16H11ClN2O3S2. The molecule has 3 rings (SSSR count). The number of aromatic nitrogens is 1. The summed E-state index contributed by atoms with van der Waals surface area (Å²) in [7, 11) is 0. The predicted molar refractivity (Wildman–Crippen MR) is 96.5 cm³/mol. The molecule has 0 fully saturated rings. The Hall–Kier alpha value is -2.22. The van der Waals surface area contributed by atoms with Crippen LogP contribution in [0.5, 0.6) is 0 Å². The van der Waals surface area contributed by atoms with Crippen molar-refractivity contribution < 1.29 is 14.7 Å². The quantitative estimate of drug-likeness (QED) is 0.684. The van der Waals surface area contributed by atoms with Crippen LogP contribution < -0.4 is 5.32 Å². The molecule has 0 aliphatic rings. The largest absolute Gasteiger partial charge is 0.478 e. The van der Waals surface area contributed by atoms with Crippen molar-refractivity contribution in [2.45, 2.75) is 6.92 Å². The zero-order chi connectivity index (χ0) is 17.3. The van der Waals surface area contributed by atoms with Gasteiger partial charge in [-0.15, -0.1) is 11.3 Å². The summed E-state index contributed by atoms with van der Waals surface area (Å²) in [6.45, 7) is 1.78. The molecule has 24 heavy (non-hydrogen) atoms. The van der Waals surface area contributed by atoms with E-state index < -0.39 is 5.97 Å². The van der Waals surface area contributed by atoms with Crippen molar-refractivity contribution in [3.63, 3.8) is 0 Å². The van der Waals surface area contributed by atoms with Crippen LogP contribution in [-0.4, -0.2) is 21.4 Å². The fourth-order valence-corrected chi connectivity index (χ4v) is 3.94. The van der Waals surface area contributed by atoms with E-state index in [0.717, 1.165) is 22.7 Å². The first-order chi connectivity index (χ1) is 11.5. The van der Waals surface area contributed by atoms with Crippen LogP contribution >= 0.6 is 34.5 Å². The molecule has 0 saturated carbocycles. The Labute approximate surface area is 150 Å². The summed E-state index contributed by atoms with van der Waals surface area (Å²) in [5.41, 5.74) is 1.83. The summed E-state index contributed by atoms with van der Waals surface area (Å²) in [6, 6.07) is 6.89. The highest BCUT2D eigenvalue weighted by molar-refractivity contribution is 7.14. The van der Waals surface area contributed by atoms with Crippen LogP contribution in [0.3, 0.4) is 0 Å². The maximum absolute atomic E-state index is 12.3. The van der Waals surface area contributed by atoms with Gasteiger partial charge in [-0.1, -0.05) is 23.7 Å². The first kappa shape index (κ1) is 16.6. The third kappa shape index (κ3) is 3.19. The standard InChI is InChI=1S/C16H11ClN2O3S2/c1-8-6-18-24-13(8)15(20)19-11-7-23-14(12(11)16(21)22)9-2-4-10(17)5-3-9/h2-7H,1H3,(H,19,20)(H,21,22). The number of carboxylic acids is 1. The second-order valence-corrected chi connectivity index (χ2v) is 7.08. The Morgan fingerprint density at radius 1 is 1.25 bits per heavy atom. The average Bonchev–Trinajstić information content (AvgIpc) is 3.14. The highest BCUT2D eigenvalue weighted by Gasteiger charge is 2.22. The van der Waals surface area contributed by atoms with Gasteiger partial charge in [0.2, 0.25) is 0 Å². The lowest BCUT2D eigenvalue weighted by Crippen LogP contribution is -2.13. The molecule has 0 aliphatic carbocycles. The third-order valence-electron chi connectivity index (χ3n) is 3.31. The predicted octanol–water partition coefficient (Wildman–Crippen LogP) is 4.78. The molecule has 122 valence electrons. The summed E-state index contributed by atoms with van der Waals surface area (Å²) < 4.78 is 3.96. The highest BCUT2D eigenvalue weighted by Crippen LogP contribution is 2.36. The molecule has 8 heteroatoms. The van der Waals surface area contributed by atoms with E-state index in [1.165, 1.54) is 11.3 Å². The Morgan fingerprint density at radius 2 is 1.96 bits per heavy atom. The Kier molecular flexibility index (Phi) is 4.66. The smallest absolute Gasteiger partial charge is 0.339 e. The minimum absolute atomic E-state index is 0.0674. The molecule has 3 aromatic rings. The van der Waals surface area contributed by atoms with Gasteiger partial charge in [0, 0.05) is 16.6 Å². The molecule has 1 amide bonds. The molecular weight excluding hydrogens is 368 g/mol. The van der Waals surface area contributed by atoms with Crippen LogP contribution in [0, 0.1) is 6.92 Å². The van der Waals surface area contributed by atoms with Gasteiger partial charge in [-0.3, -0.25) is 4.79 Å². The van der Waals surface area contributed by atoms with Crippen molar-refractivity contribution in [2.24, 2.45) is 0 Å². The number of benzene rings is 1. The van der Waals surface area contributed by atoms with Gasteiger partial charge in [0.05, 0.1) is 10.6 Å².